The van der Waals surface area contributed by atoms with Crippen LogP contribution in [0.3, 0.4) is 0 Å². The molecule has 25 heavy (non-hydrogen) atoms. The average Bonchev–Trinajstić information content (AvgIpc) is 3.13. The lowest BCUT2D eigenvalue weighted by Crippen LogP contribution is -2.47. The number of carbonyl (C=O) groups excluding carboxylic acids is 2. The highest BCUT2D eigenvalue weighted by atomic mass is 32.1. The van der Waals surface area contributed by atoms with Gasteiger partial charge in [-0.25, -0.2) is 0 Å². The van der Waals surface area contributed by atoms with Crippen molar-refractivity contribution in [3.63, 3.8) is 0 Å². The molecule has 2 aliphatic heterocycles. The summed E-state index contributed by atoms with van der Waals surface area (Å²) in [6.45, 7) is 7.71. The number of hydrogen-bond acceptors (Lipinski definition) is 3. The highest BCUT2D eigenvalue weighted by Gasteiger charge is 2.68. The predicted molar refractivity (Wildman–Crippen MR) is 99.5 cm³/mol. The second kappa shape index (κ2) is 6.11. The summed E-state index contributed by atoms with van der Waals surface area (Å²) in [5, 5.41) is 2.07. The first-order valence-corrected chi connectivity index (χ1v) is 10.5. The molecule has 0 aromatic carbocycles. The molecule has 1 aliphatic carbocycles. The van der Waals surface area contributed by atoms with E-state index in [2.05, 4.69) is 25.3 Å². The van der Waals surface area contributed by atoms with Gasteiger partial charge in [0.2, 0.25) is 11.8 Å². The molecule has 2 amide bonds. The van der Waals surface area contributed by atoms with Gasteiger partial charge >= 0.3 is 0 Å². The molecule has 5 heteroatoms. The Morgan fingerprint density at radius 2 is 1.72 bits per heavy atom. The van der Waals surface area contributed by atoms with Crippen molar-refractivity contribution in [2.45, 2.75) is 51.4 Å². The Bertz CT molecular complexity index is 655. The van der Waals surface area contributed by atoms with E-state index in [0.29, 0.717) is 5.91 Å². The van der Waals surface area contributed by atoms with Crippen LogP contribution < -0.4 is 0 Å². The van der Waals surface area contributed by atoms with Crippen LogP contribution >= 0.6 is 11.3 Å². The van der Waals surface area contributed by atoms with Crippen LogP contribution in [0.15, 0.2) is 17.5 Å². The van der Waals surface area contributed by atoms with Crippen molar-refractivity contribution in [2.24, 2.45) is 11.3 Å². The fraction of sp³-hybridized carbons (Fsp3) is 0.700. The minimum absolute atomic E-state index is 0.0388. The van der Waals surface area contributed by atoms with Gasteiger partial charge in [-0.15, -0.1) is 11.3 Å². The van der Waals surface area contributed by atoms with Gasteiger partial charge in [-0.3, -0.25) is 9.59 Å². The Balaban J connectivity index is 1.42. The van der Waals surface area contributed by atoms with E-state index in [4.69, 9.17) is 0 Å². The molecule has 1 saturated carbocycles. The lowest BCUT2D eigenvalue weighted by atomic mass is 9.89. The maximum atomic E-state index is 13.4. The Labute approximate surface area is 154 Å². The third-order valence-corrected chi connectivity index (χ3v) is 7.63. The van der Waals surface area contributed by atoms with E-state index in [1.165, 1.54) is 4.88 Å². The Morgan fingerprint density at radius 3 is 2.24 bits per heavy atom. The summed E-state index contributed by atoms with van der Waals surface area (Å²) in [6.07, 6.45) is 4.86. The van der Waals surface area contributed by atoms with E-state index in [1.807, 2.05) is 15.9 Å². The summed E-state index contributed by atoms with van der Waals surface area (Å²) in [6, 6.07) is 4.16. The number of carbonyl (C=O) groups is 2. The number of likely N-dealkylation sites (tertiary alicyclic amines) is 2. The van der Waals surface area contributed by atoms with Crippen molar-refractivity contribution in [3.8, 4) is 0 Å². The van der Waals surface area contributed by atoms with Crippen LogP contribution in [-0.4, -0.2) is 47.8 Å². The van der Waals surface area contributed by atoms with Gasteiger partial charge in [-0.05, 0) is 49.0 Å². The Kier molecular flexibility index (Phi) is 4.18. The third-order valence-electron chi connectivity index (χ3n) is 6.59. The van der Waals surface area contributed by atoms with Crippen LogP contribution in [0.4, 0.5) is 0 Å². The Hall–Kier alpha value is -1.36. The number of rotatable bonds is 3. The molecule has 1 atom stereocenters. The van der Waals surface area contributed by atoms with E-state index in [9.17, 15) is 9.59 Å². The quantitative estimate of drug-likeness (QED) is 0.830. The SMILES string of the molecule is CC1(C)C[C@]1(C(=O)N1CCC(C(=O)N2CCCC2)CC1)c1cccs1. The zero-order valence-electron chi connectivity index (χ0n) is 15.3. The van der Waals surface area contributed by atoms with Gasteiger partial charge in [-0.1, -0.05) is 19.9 Å². The molecule has 0 radical (unpaired) electrons. The summed E-state index contributed by atoms with van der Waals surface area (Å²) in [5.41, 5.74) is -0.288. The molecule has 2 saturated heterocycles. The van der Waals surface area contributed by atoms with Gasteiger partial charge in [-0.2, -0.15) is 0 Å². The van der Waals surface area contributed by atoms with Crippen molar-refractivity contribution in [1.82, 2.24) is 9.80 Å². The van der Waals surface area contributed by atoms with Gasteiger partial charge < -0.3 is 9.80 Å². The maximum absolute atomic E-state index is 13.4. The average molecular weight is 361 g/mol. The molecule has 3 heterocycles. The zero-order valence-corrected chi connectivity index (χ0v) is 16.1. The second-order valence-corrected chi connectivity index (χ2v) is 9.49. The standard InChI is InChI=1S/C20H28N2O2S/c1-19(2)14-20(19,16-6-5-13-25-16)18(24)22-11-7-15(8-12-22)17(23)21-9-3-4-10-21/h5-6,13,15H,3-4,7-12,14H2,1-2H3/t20-/m1/s1. The van der Waals surface area contributed by atoms with Gasteiger partial charge in [0.15, 0.2) is 0 Å². The number of amides is 2. The molecule has 1 aromatic rings. The van der Waals surface area contributed by atoms with Crippen molar-refractivity contribution >= 4 is 23.2 Å². The lowest BCUT2D eigenvalue weighted by molar-refractivity contribution is -0.141. The molecular formula is C20H28N2O2S. The van der Waals surface area contributed by atoms with Crippen molar-refractivity contribution in [3.05, 3.63) is 22.4 Å². The Morgan fingerprint density at radius 1 is 1.08 bits per heavy atom. The minimum Gasteiger partial charge on any atom is -0.342 e. The first kappa shape index (κ1) is 17.1. The summed E-state index contributed by atoms with van der Waals surface area (Å²) in [4.78, 5) is 31.2. The molecular weight excluding hydrogens is 332 g/mol. The molecule has 0 bridgehead atoms. The van der Waals surface area contributed by atoms with Crippen molar-refractivity contribution < 1.29 is 9.59 Å². The smallest absolute Gasteiger partial charge is 0.234 e. The summed E-state index contributed by atoms with van der Waals surface area (Å²) < 4.78 is 0. The van der Waals surface area contributed by atoms with Crippen LogP contribution in [0.2, 0.25) is 0 Å². The summed E-state index contributed by atoms with van der Waals surface area (Å²) in [7, 11) is 0. The van der Waals surface area contributed by atoms with Crippen LogP contribution in [0.1, 0.15) is 50.8 Å². The molecule has 3 aliphatic rings. The number of hydrogen-bond donors (Lipinski definition) is 0. The van der Waals surface area contributed by atoms with Gasteiger partial charge in [0.1, 0.15) is 0 Å². The van der Waals surface area contributed by atoms with E-state index in [1.54, 1.807) is 11.3 Å². The van der Waals surface area contributed by atoms with E-state index >= 15 is 0 Å². The fourth-order valence-electron chi connectivity index (χ4n) is 4.83. The fourth-order valence-corrected chi connectivity index (χ4v) is 5.92. The highest BCUT2D eigenvalue weighted by Crippen LogP contribution is 2.66. The first-order chi connectivity index (χ1) is 12.0. The number of piperidine rings is 1. The molecule has 0 spiro atoms. The molecule has 0 N–H and O–H groups in total. The third kappa shape index (κ3) is 2.71. The molecule has 1 aromatic heterocycles. The van der Waals surface area contributed by atoms with Gasteiger partial charge in [0, 0.05) is 37.0 Å². The van der Waals surface area contributed by atoms with E-state index in [-0.39, 0.29) is 22.7 Å². The number of nitrogens with zero attached hydrogens (tertiary/aromatic N) is 2. The molecule has 136 valence electrons. The van der Waals surface area contributed by atoms with Crippen LogP contribution in [0, 0.1) is 11.3 Å². The topological polar surface area (TPSA) is 40.6 Å². The van der Waals surface area contributed by atoms with Crippen LogP contribution in [-0.2, 0) is 15.0 Å². The molecule has 0 unspecified atom stereocenters. The second-order valence-electron chi connectivity index (χ2n) is 8.54. The summed E-state index contributed by atoms with van der Waals surface area (Å²) >= 11 is 1.70. The normalized spacial score (nSPS) is 29.0. The molecule has 4 nitrogen and oxygen atoms in total. The largest absolute Gasteiger partial charge is 0.342 e. The molecule has 3 fully saturated rings. The zero-order chi connectivity index (χ0) is 17.7. The summed E-state index contributed by atoms with van der Waals surface area (Å²) in [5.74, 6) is 0.725. The number of thiophene rings is 1. The van der Waals surface area contributed by atoms with E-state index < -0.39 is 0 Å². The van der Waals surface area contributed by atoms with E-state index in [0.717, 1.165) is 58.3 Å². The van der Waals surface area contributed by atoms with Crippen LogP contribution in [0.5, 0.6) is 0 Å². The molecule has 4 rings (SSSR count). The lowest BCUT2D eigenvalue weighted by Gasteiger charge is -2.36. The van der Waals surface area contributed by atoms with Gasteiger partial charge in [0.25, 0.3) is 0 Å². The first-order valence-electron chi connectivity index (χ1n) is 9.58. The predicted octanol–water partition coefficient (Wildman–Crippen LogP) is 3.28. The maximum Gasteiger partial charge on any atom is 0.234 e. The van der Waals surface area contributed by atoms with Crippen molar-refractivity contribution in [1.29, 1.82) is 0 Å². The minimum atomic E-state index is -0.326. The monoisotopic (exact) mass is 360 g/mol. The van der Waals surface area contributed by atoms with Gasteiger partial charge in [0.05, 0.1) is 5.41 Å². The highest BCUT2D eigenvalue weighted by molar-refractivity contribution is 7.10. The van der Waals surface area contributed by atoms with Crippen LogP contribution in [0.25, 0.3) is 0 Å². The van der Waals surface area contributed by atoms with Crippen molar-refractivity contribution in [2.75, 3.05) is 26.2 Å².